The maximum Gasteiger partial charge on any atom is 0.303 e. The number of hydrogen-bond donors (Lipinski definition) is 1. The number of carbonyl (C=O) groups excluding carboxylic acids is 3. The van der Waals surface area contributed by atoms with Crippen molar-refractivity contribution in [3.8, 4) is 0 Å². The van der Waals surface area contributed by atoms with Gasteiger partial charge in [0.25, 0.3) is 0 Å². The van der Waals surface area contributed by atoms with Crippen LogP contribution in [0.5, 0.6) is 0 Å². The summed E-state index contributed by atoms with van der Waals surface area (Å²) >= 11 is 1.46. The molecule has 0 spiro atoms. The van der Waals surface area contributed by atoms with E-state index in [2.05, 4.69) is 26.1 Å². The molecule has 26 heavy (non-hydrogen) atoms. The molecule has 0 aliphatic carbocycles. The van der Waals surface area contributed by atoms with Crippen LogP contribution >= 0.6 is 11.8 Å². The molecule has 6 nitrogen and oxygen atoms in total. The fourth-order valence-electron chi connectivity index (χ4n) is 3.08. The van der Waals surface area contributed by atoms with E-state index >= 15 is 0 Å². The molecule has 1 heterocycles. The second-order valence-corrected chi connectivity index (χ2v) is 8.89. The van der Waals surface area contributed by atoms with Gasteiger partial charge in [-0.25, -0.2) is 0 Å². The molecule has 0 bridgehead atoms. The predicted molar refractivity (Wildman–Crippen MR) is 103 cm³/mol. The van der Waals surface area contributed by atoms with E-state index < -0.39 is 5.44 Å². The van der Waals surface area contributed by atoms with E-state index in [4.69, 9.17) is 9.47 Å². The number of hydrogen-bond acceptors (Lipinski definition) is 6. The van der Waals surface area contributed by atoms with Gasteiger partial charge in [-0.3, -0.25) is 14.4 Å². The van der Waals surface area contributed by atoms with Crippen molar-refractivity contribution in [3.63, 3.8) is 0 Å². The highest BCUT2D eigenvalue weighted by atomic mass is 32.2. The fourth-order valence-corrected chi connectivity index (χ4v) is 4.74. The largest absolute Gasteiger partial charge is 0.465 e. The lowest BCUT2D eigenvalue weighted by Crippen LogP contribution is -2.55. The molecule has 0 radical (unpaired) electrons. The van der Waals surface area contributed by atoms with Crippen LogP contribution in [0.15, 0.2) is 0 Å². The zero-order valence-corrected chi connectivity index (χ0v) is 17.6. The van der Waals surface area contributed by atoms with Crippen LogP contribution in [0.2, 0.25) is 0 Å². The van der Waals surface area contributed by atoms with Crippen LogP contribution in [-0.4, -0.2) is 41.2 Å². The number of amides is 1. The summed E-state index contributed by atoms with van der Waals surface area (Å²) in [7, 11) is 0. The zero-order valence-electron chi connectivity index (χ0n) is 16.7. The Morgan fingerprint density at radius 1 is 1.08 bits per heavy atom. The van der Waals surface area contributed by atoms with Crippen molar-refractivity contribution < 1.29 is 23.9 Å². The first-order chi connectivity index (χ1) is 12.1. The summed E-state index contributed by atoms with van der Waals surface area (Å²) in [5, 5.41) is 3.09. The monoisotopic (exact) mass is 387 g/mol. The molecule has 1 saturated heterocycles. The number of rotatable bonds is 8. The van der Waals surface area contributed by atoms with Gasteiger partial charge in [0.15, 0.2) is 5.44 Å². The van der Waals surface area contributed by atoms with E-state index in [9.17, 15) is 14.4 Å². The van der Waals surface area contributed by atoms with Crippen LogP contribution in [0.25, 0.3) is 0 Å². The second kappa shape index (κ2) is 10.8. The molecule has 150 valence electrons. The Hall–Kier alpha value is -1.24. The van der Waals surface area contributed by atoms with Crippen LogP contribution in [0.3, 0.4) is 0 Å². The summed E-state index contributed by atoms with van der Waals surface area (Å²) in [6.45, 7) is 11.4. The van der Waals surface area contributed by atoms with E-state index in [1.165, 1.54) is 25.6 Å². The Morgan fingerprint density at radius 3 is 2.27 bits per heavy atom. The van der Waals surface area contributed by atoms with Crippen LogP contribution in [0.1, 0.15) is 60.8 Å². The van der Waals surface area contributed by atoms with Gasteiger partial charge < -0.3 is 14.8 Å². The molecule has 0 aromatic carbocycles. The van der Waals surface area contributed by atoms with Gasteiger partial charge in [-0.15, -0.1) is 11.8 Å². The van der Waals surface area contributed by atoms with E-state index in [0.717, 1.165) is 12.8 Å². The molecule has 1 amide bonds. The molecular formula is C19H33NO5S. The molecule has 0 saturated carbocycles. The fraction of sp³-hybridized carbons (Fsp3) is 0.842. The van der Waals surface area contributed by atoms with E-state index in [1.807, 2.05) is 6.92 Å². The van der Waals surface area contributed by atoms with Gasteiger partial charge in [0.2, 0.25) is 5.91 Å². The number of nitrogens with one attached hydrogen (secondary N) is 1. The van der Waals surface area contributed by atoms with E-state index in [-0.39, 0.29) is 47.6 Å². The minimum Gasteiger partial charge on any atom is -0.465 e. The van der Waals surface area contributed by atoms with Gasteiger partial charge in [-0.1, -0.05) is 34.1 Å². The first kappa shape index (κ1) is 22.8. The molecular weight excluding hydrogens is 354 g/mol. The lowest BCUT2D eigenvalue weighted by Gasteiger charge is -2.43. The van der Waals surface area contributed by atoms with Crippen LogP contribution in [0.4, 0.5) is 0 Å². The van der Waals surface area contributed by atoms with Crippen molar-refractivity contribution in [3.05, 3.63) is 0 Å². The van der Waals surface area contributed by atoms with Crippen molar-refractivity contribution in [2.24, 2.45) is 17.8 Å². The Bertz CT molecular complexity index is 496. The van der Waals surface area contributed by atoms with Gasteiger partial charge >= 0.3 is 11.9 Å². The summed E-state index contributed by atoms with van der Waals surface area (Å²) in [4.78, 5) is 35.0. The van der Waals surface area contributed by atoms with Crippen molar-refractivity contribution in [2.45, 2.75) is 77.5 Å². The third kappa shape index (κ3) is 7.56. The van der Waals surface area contributed by atoms with Gasteiger partial charge in [-0.2, -0.15) is 0 Å². The Labute approximate surface area is 161 Å². The Morgan fingerprint density at radius 2 is 1.73 bits per heavy atom. The minimum atomic E-state index is -0.478. The number of carbonyl (C=O) groups is 3. The maximum absolute atomic E-state index is 12.3. The van der Waals surface area contributed by atoms with Crippen molar-refractivity contribution >= 4 is 29.6 Å². The number of esters is 2. The molecule has 7 heteroatoms. The molecule has 5 atom stereocenters. The van der Waals surface area contributed by atoms with Gasteiger partial charge in [0.05, 0.1) is 6.04 Å². The third-order valence-corrected chi connectivity index (χ3v) is 6.40. The van der Waals surface area contributed by atoms with Crippen LogP contribution in [-0.2, 0) is 23.9 Å². The number of thioether (sulfide) groups is 1. The van der Waals surface area contributed by atoms with Crippen LogP contribution < -0.4 is 5.32 Å². The first-order valence-electron chi connectivity index (χ1n) is 9.37. The normalized spacial score (nSPS) is 28.5. The molecule has 5 unspecified atom stereocenters. The highest BCUT2D eigenvalue weighted by molar-refractivity contribution is 8.00. The summed E-state index contributed by atoms with van der Waals surface area (Å²) < 4.78 is 10.6. The predicted octanol–water partition coefficient (Wildman–Crippen LogP) is 3.14. The second-order valence-electron chi connectivity index (χ2n) is 7.55. The molecule has 0 aromatic heterocycles. The molecule has 1 rings (SSSR count). The first-order valence-corrected chi connectivity index (χ1v) is 10.3. The van der Waals surface area contributed by atoms with Crippen molar-refractivity contribution in [2.75, 3.05) is 6.61 Å². The smallest absolute Gasteiger partial charge is 0.303 e. The SMILES string of the molecule is CC(=O)OCC1SC(OC(C)=O)C(NC(=O)CCCC(C)C)C(C)C1C. The molecule has 1 fully saturated rings. The van der Waals surface area contributed by atoms with Crippen molar-refractivity contribution in [1.29, 1.82) is 0 Å². The minimum absolute atomic E-state index is 0.00844. The zero-order chi connectivity index (χ0) is 19.9. The average molecular weight is 388 g/mol. The Balaban J connectivity index is 2.75. The summed E-state index contributed by atoms with van der Waals surface area (Å²) in [5.74, 6) is 0.153. The van der Waals surface area contributed by atoms with Gasteiger partial charge in [0.1, 0.15) is 6.61 Å². The average Bonchev–Trinajstić information content (AvgIpc) is 2.52. The maximum atomic E-state index is 12.3. The topological polar surface area (TPSA) is 81.7 Å². The number of ether oxygens (including phenoxy) is 2. The van der Waals surface area contributed by atoms with Gasteiger partial charge in [0, 0.05) is 25.5 Å². The summed E-state index contributed by atoms with van der Waals surface area (Å²) in [5.41, 5.74) is -0.478. The van der Waals surface area contributed by atoms with E-state index in [0.29, 0.717) is 12.3 Å². The van der Waals surface area contributed by atoms with Crippen molar-refractivity contribution in [1.82, 2.24) is 5.32 Å². The highest BCUT2D eigenvalue weighted by Crippen LogP contribution is 2.40. The molecule has 1 N–H and O–H groups in total. The molecule has 1 aliphatic rings. The molecule has 1 aliphatic heterocycles. The third-order valence-electron chi connectivity index (χ3n) is 4.83. The summed E-state index contributed by atoms with van der Waals surface area (Å²) in [6.07, 6.45) is 2.33. The van der Waals surface area contributed by atoms with E-state index in [1.54, 1.807) is 0 Å². The van der Waals surface area contributed by atoms with Crippen LogP contribution in [0, 0.1) is 17.8 Å². The lowest BCUT2D eigenvalue weighted by atomic mass is 9.85. The lowest BCUT2D eigenvalue weighted by molar-refractivity contribution is -0.146. The quantitative estimate of drug-likeness (QED) is 0.645. The summed E-state index contributed by atoms with van der Waals surface area (Å²) in [6, 6.07) is -0.251. The molecule has 0 aromatic rings. The highest BCUT2D eigenvalue weighted by Gasteiger charge is 2.43. The standard InChI is InChI=1S/C19H33NO5S/c1-11(2)8-7-9-17(23)20-18-13(4)12(3)16(10-24-14(5)21)26-19(18)25-15(6)22/h11-13,16,18-19H,7-10H2,1-6H3,(H,20,23). The Kier molecular flexibility index (Phi) is 9.47. The van der Waals surface area contributed by atoms with Gasteiger partial charge in [-0.05, 0) is 24.2 Å².